The number of nitrogens with one attached hydrogen (secondary N) is 1. The summed E-state index contributed by atoms with van der Waals surface area (Å²) in [5.74, 6) is 0.0857. The van der Waals surface area contributed by atoms with Crippen LogP contribution in [0, 0.1) is 12.7 Å². The molecule has 8 nitrogen and oxygen atoms in total. The predicted molar refractivity (Wildman–Crippen MR) is 179 cm³/mol. The number of rotatable bonds is 9. The van der Waals surface area contributed by atoms with Crippen molar-refractivity contribution in [1.82, 2.24) is 20.2 Å². The van der Waals surface area contributed by atoms with Gasteiger partial charge < -0.3 is 24.8 Å². The molecule has 10 heteroatoms. The van der Waals surface area contributed by atoms with Crippen LogP contribution in [0.4, 0.5) is 10.2 Å². The topological polar surface area (TPSA) is 83.0 Å². The number of allylic oxidation sites excluding steroid dienone is 2. The third kappa shape index (κ3) is 6.97. The fourth-order valence-corrected chi connectivity index (χ4v) is 7.27. The van der Waals surface area contributed by atoms with E-state index < -0.39 is 5.82 Å². The minimum Gasteiger partial charge on any atom is -0.508 e. The molecule has 1 aromatic heterocycles. The van der Waals surface area contributed by atoms with E-state index in [-0.39, 0.29) is 27.9 Å². The van der Waals surface area contributed by atoms with Crippen LogP contribution in [-0.2, 0) is 4.74 Å². The number of halogens is 2. The highest BCUT2D eigenvalue weighted by Crippen LogP contribution is 2.38. The van der Waals surface area contributed by atoms with Gasteiger partial charge in [0.2, 0.25) is 0 Å². The minimum atomic E-state index is -0.558. The van der Waals surface area contributed by atoms with E-state index in [1.165, 1.54) is 6.08 Å². The van der Waals surface area contributed by atoms with Crippen molar-refractivity contribution in [1.29, 1.82) is 0 Å². The second-order valence-corrected chi connectivity index (χ2v) is 13.2. The molecule has 3 fully saturated rings. The Hall–Kier alpha value is -3.24. The summed E-state index contributed by atoms with van der Waals surface area (Å²) >= 11 is 6.78. The predicted octanol–water partition coefficient (Wildman–Crippen LogP) is 6.55. The van der Waals surface area contributed by atoms with Crippen molar-refractivity contribution in [3.8, 4) is 6.01 Å². The van der Waals surface area contributed by atoms with Gasteiger partial charge in [0.1, 0.15) is 17.1 Å². The van der Waals surface area contributed by atoms with Crippen LogP contribution in [0.5, 0.6) is 6.01 Å². The Kier molecular flexibility index (Phi) is 9.61. The lowest BCUT2D eigenvalue weighted by Crippen LogP contribution is -2.51. The van der Waals surface area contributed by atoms with Crippen LogP contribution in [-0.4, -0.2) is 83.6 Å². The Balaban J connectivity index is 1.32. The monoisotopic (exact) mass is 635 g/mol. The number of aromatic nitrogens is 2. The third-order valence-corrected chi connectivity index (χ3v) is 9.55. The van der Waals surface area contributed by atoms with Gasteiger partial charge in [0, 0.05) is 54.8 Å². The zero-order valence-corrected chi connectivity index (χ0v) is 27.3. The lowest BCUT2D eigenvalue weighted by Gasteiger charge is -2.38. The lowest BCUT2D eigenvalue weighted by atomic mass is 10.0. The van der Waals surface area contributed by atoms with E-state index in [1.807, 2.05) is 31.2 Å². The zero-order chi connectivity index (χ0) is 31.7. The number of nitrogens with zero attached hydrogens (tertiary/aromatic N) is 4. The maximum atomic E-state index is 16.5. The van der Waals surface area contributed by atoms with Crippen LogP contribution >= 0.6 is 11.6 Å². The molecule has 45 heavy (non-hydrogen) atoms. The number of hydrogen-bond acceptors (Lipinski definition) is 8. The van der Waals surface area contributed by atoms with Gasteiger partial charge in [-0.05, 0) is 81.9 Å². The number of ether oxygens (including phenoxy) is 2. The molecule has 3 aromatic rings. The maximum Gasteiger partial charge on any atom is 0.319 e. The zero-order valence-electron chi connectivity index (χ0n) is 26.5. The summed E-state index contributed by atoms with van der Waals surface area (Å²) in [6, 6.07) is 11.1. The molecule has 3 aliphatic rings. The van der Waals surface area contributed by atoms with Crippen molar-refractivity contribution in [2.75, 3.05) is 44.4 Å². The highest BCUT2D eigenvalue weighted by atomic mass is 35.5. The summed E-state index contributed by atoms with van der Waals surface area (Å²) in [4.78, 5) is 14.1. The molecule has 0 radical (unpaired) electrons. The van der Waals surface area contributed by atoms with E-state index >= 15 is 4.39 Å². The summed E-state index contributed by atoms with van der Waals surface area (Å²) in [6.07, 6.45) is 6.19. The van der Waals surface area contributed by atoms with Gasteiger partial charge in [0.05, 0.1) is 24.8 Å². The molecule has 2 aromatic carbocycles. The molecule has 0 amide bonds. The van der Waals surface area contributed by atoms with Crippen LogP contribution in [0.25, 0.3) is 22.6 Å². The Bertz CT molecular complexity index is 1590. The average molecular weight is 636 g/mol. The van der Waals surface area contributed by atoms with Gasteiger partial charge in [-0.1, -0.05) is 35.9 Å². The minimum absolute atomic E-state index is 0.00459. The Morgan fingerprint density at radius 2 is 1.87 bits per heavy atom. The van der Waals surface area contributed by atoms with Gasteiger partial charge in [-0.2, -0.15) is 9.97 Å². The van der Waals surface area contributed by atoms with Crippen molar-refractivity contribution in [2.24, 2.45) is 0 Å². The van der Waals surface area contributed by atoms with Crippen LogP contribution in [0.3, 0.4) is 0 Å². The first-order valence-corrected chi connectivity index (χ1v) is 16.4. The second kappa shape index (κ2) is 13.6. The number of piperazine rings is 1. The average Bonchev–Trinajstić information content (AvgIpc) is 3.34. The van der Waals surface area contributed by atoms with Gasteiger partial charge in [0.15, 0.2) is 5.82 Å². The summed E-state index contributed by atoms with van der Waals surface area (Å²) in [5.41, 5.74) is 2.74. The summed E-state index contributed by atoms with van der Waals surface area (Å²) in [7, 11) is 0. The van der Waals surface area contributed by atoms with Crippen molar-refractivity contribution in [2.45, 2.75) is 71.1 Å². The highest BCUT2D eigenvalue weighted by molar-refractivity contribution is 6.33. The largest absolute Gasteiger partial charge is 0.508 e. The van der Waals surface area contributed by atoms with E-state index in [1.54, 1.807) is 19.1 Å². The highest BCUT2D eigenvalue weighted by Gasteiger charge is 2.34. The molecule has 0 saturated carbocycles. The number of benzene rings is 2. The van der Waals surface area contributed by atoms with Crippen LogP contribution in [0.15, 0.2) is 42.2 Å². The molecular formula is C35H43ClFN5O3. The molecule has 4 heterocycles. The summed E-state index contributed by atoms with van der Waals surface area (Å²) in [6.45, 7) is 12.3. The summed E-state index contributed by atoms with van der Waals surface area (Å²) < 4.78 is 28.3. The normalized spacial score (nSPS) is 24.4. The number of aliphatic hydroxyl groups is 1. The molecule has 2 unspecified atom stereocenters. The third-order valence-electron chi connectivity index (χ3n) is 9.25. The SMILES string of the molecule is C/C(=C\C(O)=C/c1ccccc1C)c1c(Cl)cc2c(N3CC4CCC(C3)N4)nc(OCCCN3[C@H](C)COC[C@@H]3C)nc2c1F. The van der Waals surface area contributed by atoms with Crippen molar-refractivity contribution in [3.63, 3.8) is 0 Å². The van der Waals surface area contributed by atoms with E-state index in [2.05, 4.69) is 33.9 Å². The second-order valence-electron chi connectivity index (χ2n) is 12.7. The molecule has 2 N–H and O–H groups in total. The molecule has 240 valence electrons. The number of aliphatic hydroxyl groups excluding tert-OH is 1. The van der Waals surface area contributed by atoms with Gasteiger partial charge in [0.25, 0.3) is 0 Å². The molecular weight excluding hydrogens is 593 g/mol. The van der Waals surface area contributed by atoms with E-state index in [0.717, 1.165) is 63.2 Å². The van der Waals surface area contributed by atoms with Gasteiger partial charge >= 0.3 is 6.01 Å². The first-order valence-electron chi connectivity index (χ1n) is 16.0. The lowest BCUT2D eigenvalue weighted by molar-refractivity contribution is -0.0380. The summed E-state index contributed by atoms with van der Waals surface area (Å²) in [5, 5.41) is 15.2. The fourth-order valence-electron chi connectivity index (χ4n) is 6.93. The number of aryl methyl sites for hydroxylation is 1. The van der Waals surface area contributed by atoms with Crippen molar-refractivity contribution in [3.05, 3.63) is 69.7 Å². The molecule has 0 spiro atoms. The maximum absolute atomic E-state index is 16.5. The Morgan fingerprint density at radius 1 is 1.16 bits per heavy atom. The van der Waals surface area contributed by atoms with Crippen LogP contribution in [0.2, 0.25) is 5.02 Å². The van der Waals surface area contributed by atoms with Crippen LogP contribution < -0.4 is 15.0 Å². The number of hydrogen-bond donors (Lipinski definition) is 2. The molecule has 3 aliphatic heterocycles. The van der Waals surface area contributed by atoms with Crippen molar-refractivity contribution < 1.29 is 19.0 Å². The van der Waals surface area contributed by atoms with Gasteiger partial charge in [-0.3, -0.25) is 4.90 Å². The fraction of sp³-hybridized carbons (Fsp3) is 0.486. The van der Waals surface area contributed by atoms with Gasteiger partial charge in [-0.15, -0.1) is 0 Å². The molecule has 0 aliphatic carbocycles. The molecule has 6 rings (SSSR count). The van der Waals surface area contributed by atoms with E-state index in [4.69, 9.17) is 26.1 Å². The van der Waals surface area contributed by atoms with E-state index in [0.29, 0.717) is 47.6 Å². The Morgan fingerprint density at radius 3 is 2.58 bits per heavy atom. The molecule has 4 atom stereocenters. The van der Waals surface area contributed by atoms with Crippen LogP contribution in [0.1, 0.15) is 56.7 Å². The number of fused-ring (bicyclic) bond motifs is 3. The first kappa shape index (κ1) is 31.7. The van der Waals surface area contributed by atoms with E-state index in [9.17, 15) is 5.11 Å². The quantitative estimate of drug-likeness (QED) is 0.156. The first-order chi connectivity index (χ1) is 21.7. The van der Waals surface area contributed by atoms with Crippen molar-refractivity contribution >= 4 is 40.0 Å². The standard InChI is InChI=1S/C35H43ClFN5O3/c1-21-8-5-6-9-25(21)15-28(43)14-22(2)31-30(36)16-29-33(32(31)37)39-35(40-34(29)41-17-26-10-11-27(18-41)38-26)45-13-7-12-42-23(3)19-44-20-24(42)4/h5-6,8-9,14-16,23-24,26-27,38,43H,7,10-13,17-20H2,1-4H3/b22-14+,28-15+/t23-,24+,26?,27?. The Labute approximate surface area is 269 Å². The number of morpholine rings is 1. The number of anilines is 1. The smallest absolute Gasteiger partial charge is 0.319 e. The molecule has 2 bridgehead atoms. The van der Waals surface area contributed by atoms with Gasteiger partial charge in [-0.25, -0.2) is 4.39 Å². The molecule has 3 saturated heterocycles.